The average molecular weight is 309 g/mol. The second-order valence-corrected chi connectivity index (χ2v) is 5.42. The molecule has 4 heteroatoms. The normalized spacial score (nSPS) is 12.1. The number of carboxylic acids is 1. The Kier molecular flexibility index (Phi) is 5.05. The molecule has 0 spiro atoms. The van der Waals surface area contributed by atoms with E-state index in [1.807, 2.05) is 48.5 Å². The highest BCUT2D eigenvalue weighted by Gasteiger charge is 2.15. The number of alkyl halides is 1. The van der Waals surface area contributed by atoms with Crippen molar-refractivity contribution in [2.75, 3.05) is 0 Å². The summed E-state index contributed by atoms with van der Waals surface area (Å²) in [5.74, 6) is -0.984. The molecule has 0 saturated carbocycles. The van der Waals surface area contributed by atoms with E-state index in [-0.39, 0.29) is 0 Å². The quantitative estimate of drug-likeness (QED) is 0.818. The van der Waals surface area contributed by atoms with Crippen LogP contribution in [0.3, 0.4) is 0 Å². The molecule has 0 amide bonds. The molecule has 2 rings (SSSR count). The first-order chi connectivity index (χ1) is 9.59. The van der Waals surface area contributed by atoms with Crippen LogP contribution in [0.5, 0.6) is 0 Å². The van der Waals surface area contributed by atoms with Gasteiger partial charge in [-0.2, -0.15) is 0 Å². The van der Waals surface area contributed by atoms with Gasteiger partial charge in [0, 0.05) is 10.6 Å². The van der Waals surface area contributed by atoms with Crippen molar-refractivity contribution in [2.24, 2.45) is 0 Å². The number of hydrogen-bond acceptors (Lipinski definition) is 1. The number of aryl methyl sites for hydroxylation is 1. The molecule has 2 nitrogen and oxygen atoms in total. The predicted octanol–water partition coefficient (Wildman–Crippen LogP) is 4.63. The highest BCUT2D eigenvalue weighted by atomic mass is 35.5. The molecule has 1 N–H and O–H groups in total. The molecule has 0 heterocycles. The summed E-state index contributed by atoms with van der Waals surface area (Å²) in [4.78, 5) is 10.8. The molecule has 0 fully saturated rings. The molecule has 1 unspecified atom stereocenters. The van der Waals surface area contributed by atoms with Crippen molar-refractivity contribution < 1.29 is 9.90 Å². The van der Waals surface area contributed by atoms with Crippen molar-refractivity contribution in [2.45, 2.75) is 18.2 Å². The first-order valence-corrected chi connectivity index (χ1v) is 7.10. The van der Waals surface area contributed by atoms with E-state index in [1.54, 1.807) is 0 Å². The zero-order valence-corrected chi connectivity index (χ0v) is 12.2. The Labute approximate surface area is 128 Å². The number of halogens is 2. The lowest BCUT2D eigenvalue weighted by Gasteiger charge is -2.12. The smallest absolute Gasteiger partial charge is 0.321 e. The van der Waals surface area contributed by atoms with Crippen LogP contribution in [0.15, 0.2) is 48.5 Å². The van der Waals surface area contributed by atoms with Crippen molar-refractivity contribution in [3.05, 3.63) is 59.1 Å². The molecule has 0 bridgehead atoms. The van der Waals surface area contributed by atoms with E-state index in [1.165, 1.54) is 0 Å². The van der Waals surface area contributed by atoms with Gasteiger partial charge in [-0.25, -0.2) is 0 Å². The van der Waals surface area contributed by atoms with E-state index in [0.29, 0.717) is 17.9 Å². The van der Waals surface area contributed by atoms with Gasteiger partial charge in [-0.05, 0) is 30.0 Å². The molecule has 0 aromatic heterocycles. The Morgan fingerprint density at radius 2 is 1.65 bits per heavy atom. The zero-order chi connectivity index (χ0) is 14.5. The van der Waals surface area contributed by atoms with Crippen LogP contribution in [0, 0.1) is 0 Å². The molecule has 2 aromatic rings. The van der Waals surface area contributed by atoms with E-state index >= 15 is 0 Å². The first-order valence-electron chi connectivity index (χ1n) is 6.29. The van der Waals surface area contributed by atoms with Crippen molar-refractivity contribution in [1.29, 1.82) is 0 Å². The summed E-state index contributed by atoms with van der Waals surface area (Å²) in [6.45, 7) is 0. The molecule has 0 radical (unpaired) electrons. The van der Waals surface area contributed by atoms with Crippen molar-refractivity contribution in [3.8, 4) is 11.1 Å². The highest BCUT2D eigenvalue weighted by Crippen LogP contribution is 2.31. The Hall–Kier alpha value is -1.51. The van der Waals surface area contributed by atoms with E-state index in [4.69, 9.17) is 28.3 Å². The van der Waals surface area contributed by atoms with Crippen LogP contribution in [-0.2, 0) is 11.2 Å². The first kappa shape index (κ1) is 14.9. The zero-order valence-electron chi connectivity index (χ0n) is 10.7. The van der Waals surface area contributed by atoms with Crippen molar-refractivity contribution >= 4 is 29.2 Å². The Bertz CT molecular complexity index is 611. The van der Waals surface area contributed by atoms with Gasteiger partial charge in [0.2, 0.25) is 0 Å². The molecule has 104 valence electrons. The summed E-state index contributed by atoms with van der Waals surface area (Å²) in [5, 5.41) is 8.65. The molecule has 0 aliphatic carbocycles. The van der Waals surface area contributed by atoms with Crippen LogP contribution in [-0.4, -0.2) is 16.5 Å². The lowest BCUT2D eigenvalue weighted by molar-refractivity contribution is -0.136. The van der Waals surface area contributed by atoms with Gasteiger partial charge >= 0.3 is 5.97 Å². The van der Waals surface area contributed by atoms with Gasteiger partial charge in [-0.1, -0.05) is 54.1 Å². The molecule has 2 aromatic carbocycles. The molecule has 0 aliphatic rings. The maximum absolute atomic E-state index is 10.8. The molecule has 20 heavy (non-hydrogen) atoms. The number of carbonyl (C=O) groups is 1. The third-order valence-electron chi connectivity index (χ3n) is 3.12. The summed E-state index contributed by atoms with van der Waals surface area (Å²) in [5.41, 5.74) is 3.02. The largest absolute Gasteiger partial charge is 0.480 e. The average Bonchev–Trinajstić information content (AvgIpc) is 2.45. The second-order valence-electron chi connectivity index (χ2n) is 4.48. The third-order valence-corrected chi connectivity index (χ3v) is 3.85. The van der Waals surface area contributed by atoms with Gasteiger partial charge in [0.15, 0.2) is 0 Å². The molecule has 1 atom stereocenters. The molecule has 0 aliphatic heterocycles. The maximum Gasteiger partial charge on any atom is 0.321 e. The van der Waals surface area contributed by atoms with E-state index < -0.39 is 11.3 Å². The fourth-order valence-electron chi connectivity index (χ4n) is 2.09. The number of hydrogen-bond donors (Lipinski definition) is 1. The van der Waals surface area contributed by atoms with Gasteiger partial charge in [0.05, 0.1) is 0 Å². The maximum atomic E-state index is 10.8. The standard InChI is InChI=1S/C16H14Cl2O2/c17-14-8-4-3-7-13(14)12-6-2-1-5-11(12)9-10-15(18)16(19)20/h1-8,15H,9-10H2,(H,19,20). The lowest BCUT2D eigenvalue weighted by atomic mass is 9.96. The van der Waals surface area contributed by atoms with E-state index in [0.717, 1.165) is 16.7 Å². The van der Waals surface area contributed by atoms with Crippen LogP contribution >= 0.6 is 23.2 Å². The molecular weight excluding hydrogens is 295 g/mol. The van der Waals surface area contributed by atoms with Gasteiger partial charge in [0.1, 0.15) is 5.38 Å². The summed E-state index contributed by atoms with van der Waals surface area (Å²) >= 11 is 12.0. The summed E-state index contributed by atoms with van der Waals surface area (Å²) in [6, 6.07) is 15.4. The SMILES string of the molecule is O=C(O)C(Cl)CCc1ccccc1-c1ccccc1Cl. The second kappa shape index (κ2) is 6.78. The molecular formula is C16H14Cl2O2. The topological polar surface area (TPSA) is 37.3 Å². The van der Waals surface area contributed by atoms with Gasteiger partial charge in [0.25, 0.3) is 0 Å². The minimum atomic E-state index is -0.984. The van der Waals surface area contributed by atoms with Gasteiger partial charge in [-0.3, -0.25) is 4.79 Å². The van der Waals surface area contributed by atoms with E-state index in [2.05, 4.69) is 0 Å². The van der Waals surface area contributed by atoms with Crippen LogP contribution in [0.4, 0.5) is 0 Å². The minimum Gasteiger partial charge on any atom is -0.480 e. The van der Waals surface area contributed by atoms with Gasteiger partial charge in [-0.15, -0.1) is 11.6 Å². The van der Waals surface area contributed by atoms with Crippen LogP contribution < -0.4 is 0 Å². The summed E-state index contributed by atoms with van der Waals surface area (Å²) < 4.78 is 0. The Morgan fingerprint density at radius 3 is 2.30 bits per heavy atom. The fourth-order valence-corrected chi connectivity index (χ4v) is 2.43. The highest BCUT2D eigenvalue weighted by molar-refractivity contribution is 6.33. The number of aliphatic carboxylic acids is 1. The molecule has 0 saturated heterocycles. The Balaban J connectivity index is 2.27. The van der Waals surface area contributed by atoms with Crippen LogP contribution in [0.25, 0.3) is 11.1 Å². The summed E-state index contributed by atoms with van der Waals surface area (Å²) in [6.07, 6.45) is 0.986. The number of carboxylic acid groups (broad SMARTS) is 1. The minimum absolute atomic E-state index is 0.387. The van der Waals surface area contributed by atoms with Crippen LogP contribution in [0.1, 0.15) is 12.0 Å². The Morgan fingerprint density at radius 1 is 1.05 bits per heavy atom. The number of rotatable bonds is 5. The summed E-state index contributed by atoms with van der Waals surface area (Å²) in [7, 11) is 0. The number of benzene rings is 2. The van der Waals surface area contributed by atoms with E-state index in [9.17, 15) is 4.79 Å². The third kappa shape index (κ3) is 3.53. The van der Waals surface area contributed by atoms with Crippen molar-refractivity contribution in [1.82, 2.24) is 0 Å². The van der Waals surface area contributed by atoms with Gasteiger partial charge < -0.3 is 5.11 Å². The predicted molar refractivity (Wildman–Crippen MR) is 82.5 cm³/mol. The van der Waals surface area contributed by atoms with Crippen LogP contribution in [0.2, 0.25) is 5.02 Å². The lowest BCUT2D eigenvalue weighted by Crippen LogP contribution is -2.14. The monoisotopic (exact) mass is 308 g/mol. The van der Waals surface area contributed by atoms with Crippen molar-refractivity contribution in [3.63, 3.8) is 0 Å². The fraction of sp³-hybridized carbons (Fsp3) is 0.188.